The van der Waals surface area contributed by atoms with Crippen LogP contribution in [0.3, 0.4) is 0 Å². The number of amides is 1. The van der Waals surface area contributed by atoms with Crippen molar-refractivity contribution in [1.29, 1.82) is 0 Å². The second-order valence-corrected chi connectivity index (χ2v) is 2.01. The van der Waals surface area contributed by atoms with Gasteiger partial charge in [0.2, 0.25) is 6.41 Å². The third-order valence-electron chi connectivity index (χ3n) is 0.986. The number of hydrogen-bond donors (Lipinski definition) is 4. The van der Waals surface area contributed by atoms with Gasteiger partial charge in [0.15, 0.2) is 0 Å². The Morgan fingerprint density at radius 3 is 2.00 bits per heavy atom. The predicted octanol–water partition coefficient (Wildman–Crippen LogP) is -1.64. The molecular formula is C6H12N2O5. The van der Waals surface area contributed by atoms with E-state index in [2.05, 4.69) is 5.73 Å². The van der Waals surface area contributed by atoms with Crippen LogP contribution in [0.15, 0.2) is 0 Å². The molecule has 0 aliphatic heterocycles. The zero-order chi connectivity index (χ0) is 10.9. The van der Waals surface area contributed by atoms with Crippen LogP contribution < -0.4 is 11.5 Å². The fourth-order valence-electron chi connectivity index (χ4n) is 0.402. The Bertz CT molecular complexity index is 182. The maximum absolute atomic E-state index is 9.99. The number of primary amides is 1. The SMILES string of the molecule is NC=O.N[C@@H](CCC(=O)O)C(=O)O. The van der Waals surface area contributed by atoms with E-state index in [1.54, 1.807) is 0 Å². The highest BCUT2D eigenvalue weighted by molar-refractivity contribution is 5.74. The van der Waals surface area contributed by atoms with Crippen molar-refractivity contribution in [3.63, 3.8) is 0 Å². The molecule has 0 spiro atoms. The van der Waals surface area contributed by atoms with Gasteiger partial charge in [0.25, 0.3) is 0 Å². The molecule has 6 N–H and O–H groups in total. The van der Waals surface area contributed by atoms with Crippen molar-refractivity contribution >= 4 is 18.3 Å². The highest BCUT2D eigenvalue weighted by Gasteiger charge is 2.12. The summed E-state index contributed by atoms with van der Waals surface area (Å²) in [5.41, 5.74) is 9.17. The van der Waals surface area contributed by atoms with Crippen LogP contribution in [0.4, 0.5) is 0 Å². The number of nitrogens with two attached hydrogens (primary N) is 2. The monoisotopic (exact) mass is 192 g/mol. The smallest absolute Gasteiger partial charge is 0.320 e. The Morgan fingerprint density at radius 1 is 1.38 bits per heavy atom. The Morgan fingerprint density at radius 2 is 1.77 bits per heavy atom. The number of hydrogen-bond acceptors (Lipinski definition) is 4. The quantitative estimate of drug-likeness (QED) is 0.393. The van der Waals surface area contributed by atoms with Crippen LogP contribution in [0.5, 0.6) is 0 Å². The number of carbonyl (C=O) groups is 3. The van der Waals surface area contributed by atoms with Gasteiger partial charge in [-0.05, 0) is 6.42 Å². The maximum Gasteiger partial charge on any atom is 0.320 e. The summed E-state index contributed by atoms with van der Waals surface area (Å²) < 4.78 is 0. The van der Waals surface area contributed by atoms with Crippen molar-refractivity contribution in [2.45, 2.75) is 18.9 Å². The molecule has 0 radical (unpaired) electrons. The molecule has 0 aromatic heterocycles. The number of carbonyl (C=O) groups excluding carboxylic acids is 1. The van der Waals surface area contributed by atoms with Crippen molar-refractivity contribution in [1.82, 2.24) is 0 Å². The second kappa shape index (κ2) is 8.47. The summed E-state index contributed by atoms with van der Waals surface area (Å²) >= 11 is 0. The Balaban J connectivity index is 0. The van der Waals surface area contributed by atoms with E-state index in [0.717, 1.165) is 0 Å². The van der Waals surface area contributed by atoms with Crippen LogP contribution in [0, 0.1) is 0 Å². The molecule has 0 saturated heterocycles. The summed E-state index contributed by atoms with van der Waals surface area (Å²) in [7, 11) is 0. The van der Waals surface area contributed by atoms with Crippen LogP contribution in [0.1, 0.15) is 12.8 Å². The maximum atomic E-state index is 9.99. The van der Waals surface area contributed by atoms with Crippen LogP contribution in [-0.4, -0.2) is 34.6 Å². The summed E-state index contributed by atoms with van der Waals surface area (Å²) in [6.45, 7) is 0. The third kappa shape index (κ3) is 13.4. The molecule has 0 saturated carbocycles. The molecule has 0 bridgehead atoms. The number of carboxylic acids is 2. The average Bonchev–Trinajstić information content (AvgIpc) is 2.01. The van der Waals surface area contributed by atoms with E-state index in [9.17, 15) is 9.59 Å². The molecule has 76 valence electrons. The van der Waals surface area contributed by atoms with Gasteiger partial charge in [-0.1, -0.05) is 0 Å². The van der Waals surface area contributed by atoms with Crippen molar-refractivity contribution < 1.29 is 24.6 Å². The fraction of sp³-hybridized carbons (Fsp3) is 0.500. The number of aliphatic carboxylic acids is 2. The van der Waals surface area contributed by atoms with Gasteiger partial charge in [-0.15, -0.1) is 0 Å². The van der Waals surface area contributed by atoms with E-state index in [4.69, 9.17) is 20.7 Å². The molecule has 1 atom stereocenters. The lowest BCUT2D eigenvalue weighted by molar-refractivity contribution is -0.139. The highest BCUT2D eigenvalue weighted by atomic mass is 16.4. The minimum atomic E-state index is -1.17. The minimum absolute atomic E-state index is 0.0231. The largest absolute Gasteiger partial charge is 0.481 e. The van der Waals surface area contributed by atoms with Crippen LogP contribution in [-0.2, 0) is 14.4 Å². The van der Waals surface area contributed by atoms with E-state index in [0.29, 0.717) is 0 Å². The zero-order valence-electron chi connectivity index (χ0n) is 6.84. The first-order chi connectivity index (χ1) is 5.95. The van der Waals surface area contributed by atoms with Crippen LogP contribution in [0.2, 0.25) is 0 Å². The first-order valence-corrected chi connectivity index (χ1v) is 3.31. The van der Waals surface area contributed by atoms with E-state index in [1.165, 1.54) is 0 Å². The van der Waals surface area contributed by atoms with Gasteiger partial charge in [-0.2, -0.15) is 0 Å². The van der Waals surface area contributed by atoms with Gasteiger partial charge >= 0.3 is 11.9 Å². The first kappa shape index (κ1) is 13.9. The molecular weight excluding hydrogens is 180 g/mol. The zero-order valence-corrected chi connectivity index (χ0v) is 6.84. The topological polar surface area (TPSA) is 144 Å². The van der Waals surface area contributed by atoms with E-state index < -0.39 is 18.0 Å². The molecule has 0 fully saturated rings. The van der Waals surface area contributed by atoms with Crippen molar-refractivity contribution in [2.24, 2.45) is 11.5 Å². The normalized spacial score (nSPS) is 10.5. The lowest BCUT2D eigenvalue weighted by Crippen LogP contribution is -2.30. The van der Waals surface area contributed by atoms with Crippen LogP contribution >= 0.6 is 0 Å². The van der Waals surface area contributed by atoms with E-state index >= 15 is 0 Å². The van der Waals surface area contributed by atoms with Crippen molar-refractivity contribution in [3.05, 3.63) is 0 Å². The highest BCUT2D eigenvalue weighted by Crippen LogP contribution is 1.93. The third-order valence-corrected chi connectivity index (χ3v) is 0.986. The second-order valence-electron chi connectivity index (χ2n) is 2.01. The van der Waals surface area contributed by atoms with E-state index in [1.807, 2.05) is 0 Å². The summed E-state index contributed by atoms with van der Waals surface area (Å²) in [5, 5.41) is 16.3. The van der Waals surface area contributed by atoms with Gasteiger partial charge < -0.3 is 21.7 Å². The Labute approximate surface area is 74.3 Å². The first-order valence-electron chi connectivity index (χ1n) is 3.31. The molecule has 7 heteroatoms. The van der Waals surface area contributed by atoms with Gasteiger partial charge in [0.05, 0.1) is 0 Å². The minimum Gasteiger partial charge on any atom is -0.481 e. The summed E-state index contributed by atoms with van der Waals surface area (Å²) in [6, 6.07) is -1.06. The Kier molecular flexibility index (Phi) is 9.07. The summed E-state index contributed by atoms with van der Waals surface area (Å²) in [4.78, 5) is 28.5. The molecule has 13 heavy (non-hydrogen) atoms. The van der Waals surface area contributed by atoms with E-state index in [-0.39, 0.29) is 19.3 Å². The fourth-order valence-corrected chi connectivity index (χ4v) is 0.402. The summed E-state index contributed by atoms with van der Waals surface area (Å²) in [5.74, 6) is -2.20. The predicted molar refractivity (Wildman–Crippen MR) is 42.7 cm³/mol. The molecule has 0 aliphatic rings. The molecule has 0 aromatic rings. The average molecular weight is 192 g/mol. The van der Waals surface area contributed by atoms with Gasteiger partial charge in [-0.25, -0.2) is 0 Å². The molecule has 0 unspecified atom stereocenters. The lowest BCUT2D eigenvalue weighted by atomic mass is 10.2. The standard InChI is InChI=1S/C5H9NO4.CH3NO/c6-3(5(9)10)1-2-4(7)8;2-1-3/h3H,1-2,6H2,(H,7,8)(H,9,10);1H,(H2,2,3)/t3-;/m0./s1. The Hall–Kier alpha value is -1.63. The molecule has 0 aromatic carbocycles. The van der Waals surface area contributed by atoms with Crippen molar-refractivity contribution in [3.8, 4) is 0 Å². The number of rotatable bonds is 4. The van der Waals surface area contributed by atoms with Crippen molar-refractivity contribution in [2.75, 3.05) is 0 Å². The molecule has 0 heterocycles. The lowest BCUT2D eigenvalue weighted by Gasteiger charge is -2.01. The van der Waals surface area contributed by atoms with Crippen LogP contribution in [0.25, 0.3) is 0 Å². The number of carboxylic acid groups (broad SMARTS) is 2. The van der Waals surface area contributed by atoms with Gasteiger partial charge in [-0.3, -0.25) is 14.4 Å². The molecule has 0 rings (SSSR count). The molecule has 7 nitrogen and oxygen atoms in total. The molecule has 1 amide bonds. The molecule has 0 aliphatic carbocycles. The van der Waals surface area contributed by atoms with Gasteiger partial charge in [0, 0.05) is 6.42 Å². The van der Waals surface area contributed by atoms with Gasteiger partial charge in [0.1, 0.15) is 6.04 Å². The summed E-state index contributed by atoms with van der Waals surface area (Å²) in [6.07, 6.45) is 0.0259.